The Kier molecular flexibility index (Phi) is 4.90. The van der Waals surface area contributed by atoms with Crippen LogP contribution in [0.4, 0.5) is 4.79 Å². The molecule has 3 rings (SSSR count). The van der Waals surface area contributed by atoms with Gasteiger partial charge in [0.2, 0.25) is 5.91 Å². The van der Waals surface area contributed by atoms with Gasteiger partial charge in [0.15, 0.2) is 0 Å². The first-order valence-corrected chi connectivity index (χ1v) is 9.27. The van der Waals surface area contributed by atoms with Gasteiger partial charge in [0.05, 0.1) is 0 Å². The second-order valence-electron chi connectivity index (χ2n) is 6.70. The van der Waals surface area contributed by atoms with Gasteiger partial charge in [-0.3, -0.25) is 4.79 Å². The van der Waals surface area contributed by atoms with Crippen molar-refractivity contribution in [3.8, 4) is 0 Å². The largest absolute Gasteiger partial charge is 0.352 e. The van der Waals surface area contributed by atoms with E-state index in [4.69, 9.17) is 0 Å². The quantitative estimate of drug-likeness (QED) is 0.868. The van der Waals surface area contributed by atoms with Crippen LogP contribution in [0.3, 0.4) is 0 Å². The lowest BCUT2D eigenvalue weighted by Gasteiger charge is -2.26. The third-order valence-corrected chi connectivity index (χ3v) is 5.44. The van der Waals surface area contributed by atoms with Gasteiger partial charge in [-0.1, -0.05) is 0 Å². The van der Waals surface area contributed by atoms with Crippen LogP contribution in [0.25, 0.3) is 0 Å². The van der Waals surface area contributed by atoms with Crippen molar-refractivity contribution >= 4 is 23.3 Å². The molecule has 2 heterocycles. The van der Waals surface area contributed by atoms with Crippen molar-refractivity contribution in [2.45, 2.75) is 64.1 Å². The molecule has 2 N–H and O–H groups in total. The maximum absolute atomic E-state index is 12.5. The number of rotatable bonds is 5. The average Bonchev–Trinajstić information content (AvgIpc) is 3.00. The minimum absolute atomic E-state index is 0.0154. The Labute approximate surface area is 141 Å². The van der Waals surface area contributed by atoms with E-state index in [0.29, 0.717) is 12.6 Å². The number of hydrogen-bond donors (Lipinski definition) is 2. The Morgan fingerprint density at radius 1 is 1.35 bits per heavy atom. The lowest BCUT2D eigenvalue weighted by Crippen LogP contribution is -2.51. The van der Waals surface area contributed by atoms with Gasteiger partial charge in [-0.25, -0.2) is 4.79 Å². The molecule has 6 heteroatoms. The fourth-order valence-corrected chi connectivity index (χ4v) is 4.07. The molecule has 0 unspecified atom stereocenters. The highest BCUT2D eigenvalue weighted by Crippen LogP contribution is 2.22. The van der Waals surface area contributed by atoms with Gasteiger partial charge in [0, 0.05) is 34.8 Å². The minimum atomic E-state index is -0.299. The predicted octanol–water partition coefficient (Wildman–Crippen LogP) is 2.44. The minimum Gasteiger partial charge on any atom is -0.352 e. The molecule has 0 bridgehead atoms. The van der Waals surface area contributed by atoms with Gasteiger partial charge in [-0.15, -0.1) is 11.3 Å². The Hall–Kier alpha value is -1.56. The molecule has 23 heavy (non-hydrogen) atoms. The zero-order valence-corrected chi connectivity index (χ0v) is 14.6. The van der Waals surface area contributed by atoms with Gasteiger partial charge >= 0.3 is 6.03 Å². The van der Waals surface area contributed by atoms with Crippen LogP contribution in [0.15, 0.2) is 12.1 Å². The molecule has 0 spiro atoms. The molecule has 1 saturated heterocycles. The number of hydrogen-bond acceptors (Lipinski definition) is 3. The van der Waals surface area contributed by atoms with Crippen LogP contribution in [-0.2, 0) is 11.2 Å². The first-order valence-electron chi connectivity index (χ1n) is 8.46. The van der Waals surface area contributed by atoms with Gasteiger partial charge in [0.25, 0.3) is 0 Å². The lowest BCUT2D eigenvalue weighted by atomic mass is 10.2. The maximum atomic E-state index is 12.5. The molecule has 1 aromatic rings. The van der Waals surface area contributed by atoms with Gasteiger partial charge in [-0.2, -0.15) is 0 Å². The van der Waals surface area contributed by atoms with Crippen LogP contribution in [0.5, 0.6) is 0 Å². The number of likely N-dealkylation sites (tertiary alicyclic amines) is 1. The summed E-state index contributed by atoms with van der Waals surface area (Å²) < 4.78 is 0. The molecular weight excluding hydrogens is 310 g/mol. The van der Waals surface area contributed by atoms with E-state index < -0.39 is 0 Å². The number of carbonyl (C=O) groups is 2. The zero-order valence-electron chi connectivity index (χ0n) is 13.8. The number of amides is 3. The zero-order chi connectivity index (χ0) is 16.4. The standard InChI is InChI=1S/C17H25N3O2S/c1-11(10-14-8-5-12(2)23-14)18-17(22)20-9-3-4-15(20)16(21)19-13-6-7-13/h5,8,11,13,15H,3-4,6-7,9-10H2,1-2H3,(H,18,22)(H,19,21)/t11-,15+/m0/s1. The van der Waals surface area contributed by atoms with Gasteiger partial charge in [0.1, 0.15) is 6.04 Å². The SMILES string of the molecule is Cc1ccc(C[C@H](C)NC(=O)N2CCC[C@@H]2C(=O)NC2CC2)s1. The molecule has 1 aliphatic heterocycles. The highest BCUT2D eigenvalue weighted by Gasteiger charge is 2.36. The summed E-state index contributed by atoms with van der Waals surface area (Å²) in [5, 5.41) is 6.06. The van der Waals surface area contributed by atoms with Crippen molar-refractivity contribution < 1.29 is 9.59 Å². The summed E-state index contributed by atoms with van der Waals surface area (Å²) in [5.41, 5.74) is 0. The van der Waals surface area contributed by atoms with Crippen molar-refractivity contribution in [1.29, 1.82) is 0 Å². The first kappa shape index (κ1) is 16.3. The molecular formula is C17H25N3O2S. The monoisotopic (exact) mass is 335 g/mol. The molecule has 1 aliphatic carbocycles. The van der Waals surface area contributed by atoms with Crippen molar-refractivity contribution in [2.75, 3.05) is 6.54 Å². The molecule has 126 valence electrons. The summed E-state index contributed by atoms with van der Waals surface area (Å²) in [7, 11) is 0. The average molecular weight is 335 g/mol. The summed E-state index contributed by atoms with van der Waals surface area (Å²) in [4.78, 5) is 29.0. The van der Waals surface area contributed by atoms with E-state index in [-0.39, 0.29) is 24.0 Å². The van der Waals surface area contributed by atoms with E-state index >= 15 is 0 Å². The van der Waals surface area contributed by atoms with Crippen LogP contribution >= 0.6 is 11.3 Å². The number of urea groups is 1. The summed E-state index contributed by atoms with van der Waals surface area (Å²) in [6.07, 6.45) is 4.64. The number of carbonyl (C=O) groups excluding carboxylic acids is 2. The number of aryl methyl sites for hydroxylation is 1. The van der Waals surface area contributed by atoms with Crippen molar-refractivity contribution in [2.24, 2.45) is 0 Å². The van der Waals surface area contributed by atoms with Crippen LogP contribution in [0.1, 0.15) is 42.4 Å². The second-order valence-corrected chi connectivity index (χ2v) is 8.07. The predicted molar refractivity (Wildman–Crippen MR) is 91.6 cm³/mol. The number of thiophene rings is 1. The Balaban J connectivity index is 1.52. The van der Waals surface area contributed by atoms with Gasteiger partial charge < -0.3 is 15.5 Å². The van der Waals surface area contributed by atoms with E-state index in [1.165, 1.54) is 9.75 Å². The van der Waals surface area contributed by atoms with E-state index in [0.717, 1.165) is 32.1 Å². The highest BCUT2D eigenvalue weighted by atomic mass is 32.1. The molecule has 0 radical (unpaired) electrons. The molecule has 1 aromatic heterocycles. The summed E-state index contributed by atoms with van der Waals surface area (Å²) >= 11 is 1.77. The Morgan fingerprint density at radius 3 is 2.78 bits per heavy atom. The van der Waals surface area contributed by atoms with Crippen molar-refractivity contribution in [3.63, 3.8) is 0 Å². The van der Waals surface area contributed by atoms with Crippen LogP contribution in [0.2, 0.25) is 0 Å². The number of nitrogens with zero attached hydrogens (tertiary/aromatic N) is 1. The highest BCUT2D eigenvalue weighted by molar-refractivity contribution is 7.11. The molecule has 0 aromatic carbocycles. The number of nitrogens with one attached hydrogen (secondary N) is 2. The Morgan fingerprint density at radius 2 is 2.13 bits per heavy atom. The molecule has 1 saturated carbocycles. The van der Waals surface area contributed by atoms with E-state index in [9.17, 15) is 9.59 Å². The smallest absolute Gasteiger partial charge is 0.318 e. The van der Waals surface area contributed by atoms with Crippen LogP contribution in [0, 0.1) is 6.92 Å². The molecule has 2 fully saturated rings. The van der Waals surface area contributed by atoms with Gasteiger partial charge in [-0.05, 0) is 51.7 Å². The van der Waals surface area contributed by atoms with E-state index in [1.54, 1.807) is 16.2 Å². The third kappa shape index (κ3) is 4.25. The fourth-order valence-electron chi connectivity index (χ4n) is 3.05. The molecule has 2 atom stereocenters. The van der Waals surface area contributed by atoms with Crippen molar-refractivity contribution in [3.05, 3.63) is 21.9 Å². The topological polar surface area (TPSA) is 61.4 Å². The fraction of sp³-hybridized carbons (Fsp3) is 0.647. The molecule has 5 nitrogen and oxygen atoms in total. The molecule has 2 aliphatic rings. The van der Waals surface area contributed by atoms with Crippen molar-refractivity contribution in [1.82, 2.24) is 15.5 Å². The first-order chi connectivity index (χ1) is 11.0. The molecule has 3 amide bonds. The summed E-state index contributed by atoms with van der Waals surface area (Å²) in [5.74, 6) is 0.0154. The second kappa shape index (κ2) is 6.91. The third-order valence-electron chi connectivity index (χ3n) is 4.41. The van der Waals surface area contributed by atoms with Crippen LogP contribution < -0.4 is 10.6 Å². The van der Waals surface area contributed by atoms with E-state index in [1.807, 2.05) is 6.92 Å². The normalized spacial score (nSPS) is 22.0. The lowest BCUT2D eigenvalue weighted by molar-refractivity contribution is -0.124. The maximum Gasteiger partial charge on any atom is 0.318 e. The summed E-state index contributed by atoms with van der Waals surface area (Å²) in [6, 6.07) is 4.21. The summed E-state index contributed by atoms with van der Waals surface area (Å²) in [6.45, 7) is 4.77. The Bertz CT molecular complexity index is 582. The van der Waals surface area contributed by atoms with Crippen LogP contribution in [-0.4, -0.2) is 41.5 Å². The van der Waals surface area contributed by atoms with E-state index in [2.05, 4.69) is 29.7 Å².